The second kappa shape index (κ2) is 5.61. The molecule has 2 amide bonds. The van der Waals surface area contributed by atoms with Crippen molar-refractivity contribution in [3.05, 3.63) is 0 Å². The van der Waals surface area contributed by atoms with Gasteiger partial charge in [0.15, 0.2) is 0 Å². The smallest absolute Gasteiger partial charge is 0.318 e. The van der Waals surface area contributed by atoms with Crippen LogP contribution < -0.4 is 5.32 Å². The first-order chi connectivity index (χ1) is 8.93. The Kier molecular flexibility index (Phi) is 4.28. The highest BCUT2D eigenvalue weighted by atomic mass is 32.2. The standard InChI is InChI=1S/C13H22N2O3S/c1-9-10(2)19-7-6-15(9)12(18)14-13(4-3-5-13)8-11(16)17/h9-10H,3-8H2,1-2H3,(H,14,18)(H,16,17). The number of nitrogens with zero attached hydrogens (tertiary/aromatic N) is 1. The summed E-state index contributed by atoms with van der Waals surface area (Å²) in [7, 11) is 0. The van der Waals surface area contributed by atoms with Crippen molar-refractivity contribution < 1.29 is 14.7 Å². The Hall–Kier alpha value is -0.910. The van der Waals surface area contributed by atoms with Gasteiger partial charge in [0, 0.05) is 23.6 Å². The third kappa shape index (κ3) is 3.16. The Labute approximate surface area is 118 Å². The van der Waals surface area contributed by atoms with Crippen LogP contribution in [0.1, 0.15) is 39.5 Å². The summed E-state index contributed by atoms with van der Waals surface area (Å²) in [6.07, 6.45) is 2.58. The van der Waals surface area contributed by atoms with E-state index in [4.69, 9.17) is 5.11 Å². The topological polar surface area (TPSA) is 69.6 Å². The minimum absolute atomic E-state index is 0.0330. The van der Waals surface area contributed by atoms with E-state index in [1.165, 1.54) is 0 Å². The minimum atomic E-state index is -0.837. The maximum absolute atomic E-state index is 12.4. The Morgan fingerprint density at radius 1 is 1.42 bits per heavy atom. The number of hydrogen-bond acceptors (Lipinski definition) is 3. The lowest BCUT2D eigenvalue weighted by atomic mass is 9.74. The molecule has 2 N–H and O–H groups in total. The van der Waals surface area contributed by atoms with Gasteiger partial charge in [0.2, 0.25) is 0 Å². The van der Waals surface area contributed by atoms with Crippen LogP contribution in [0.4, 0.5) is 4.79 Å². The van der Waals surface area contributed by atoms with Gasteiger partial charge in [0.25, 0.3) is 0 Å². The maximum Gasteiger partial charge on any atom is 0.318 e. The SMILES string of the molecule is CC1SCCN(C(=O)NC2(CC(=O)O)CCC2)C1C. The van der Waals surface area contributed by atoms with Crippen LogP contribution in [0.15, 0.2) is 0 Å². The molecule has 5 nitrogen and oxygen atoms in total. The van der Waals surface area contributed by atoms with Gasteiger partial charge in [-0.1, -0.05) is 6.92 Å². The van der Waals surface area contributed by atoms with Gasteiger partial charge >= 0.3 is 12.0 Å². The number of thioether (sulfide) groups is 1. The molecular formula is C13H22N2O3S. The fourth-order valence-corrected chi connectivity index (χ4v) is 3.86. The number of nitrogens with one attached hydrogen (secondary N) is 1. The lowest BCUT2D eigenvalue weighted by Crippen LogP contribution is -2.61. The van der Waals surface area contributed by atoms with Crippen LogP contribution in [0.25, 0.3) is 0 Å². The first-order valence-electron chi connectivity index (χ1n) is 6.86. The van der Waals surface area contributed by atoms with E-state index in [0.717, 1.165) is 31.6 Å². The molecule has 0 radical (unpaired) electrons. The number of carboxylic acids is 1. The van der Waals surface area contributed by atoms with E-state index in [1.807, 2.05) is 16.7 Å². The highest BCUT2D eigenvalue weighted by Gasteiger charge is 2.42. The molecule has 2 unspecified atom stereocenters. The summed E-state index contributed by atoms with van der Waals surface area (Å²) in [6.45, 7) is 4.93. The van der Waals surface area contributed by atoms with Crippen molar-refractivity contribution >= 4 is 23.8 Å². The maximum atomic E-state index is 12.4. The number of urea groups is 1. The van der Waals surface area contributed by atoms with Crippen LogP contribution in [0.3, 0.4) is 0 Å². The number of carbonyl (C=O) groups excluding carboxylic acids is 1. The molecule has 0 aromatic rings. The molecule has 1 heterocycles. The molecule has 2 fully saturated rings. The normalized spacial score (nSPS) is 29.5. The van der Waals surface area contributed by atoms with E-state index in [1.54, 1.807) is 0 Å². The number of carboxylic acid groups (broad SMARTS) is 1. The van der Waals surface area contributed by atoms with Crippen molar-refractivity contribution in [3.63, 3.8) is 0 Å². The van der Waals surface area contributed by atoms with Gasteiger partial charge in [0.1, 0.15) is 0 Å². The highest BCUT2D eigenvalue weighted by molar-refractivity contribution is 8.00. The monoisotopic (exact) mass is 286 g/mol. The van der Waals surface area contributed by atoms with Crippen molar-refractivity contribution in [1.29, 1.82) is 0 Å². The van der Waals surface area contributed by atoms with Gasteiger partial charge < -0.3 is 15.3 Å². The van der Waals surface area contributed by atoms with Crippen molar-refractivity contribution in [2.24, 2.45) is 0 Å². The molecule has 0 spiro atoms. The van der Waals surface area contributed by atoms with Crippen LogP contribution in [0, 0.1) is 0 Å². The molecule has 1 aliphatic carbocycles. The molecule has 0 aromatic heterocycles. The van der Waals surface area contributed by atoms with Crippen LogP contribution in [0.5, 0.6) is 0 Å². The third-order valence-corrected chi connectivity index (χ3v) is 5.66. The van der Waals surface area contributed by atoms with Crippen LogP contribution >= 0.6 is 11.8 Å². The molecule has 108 valence electrons. The first kappa shape index (κ1) is 14.5. The highest BCUT2D eigenvalue weighted by Crippen LogP contribution is 2.35. The van der Waals surface area contributed by atoms with E-state index in [-0.39, 0.29) is 18.5 Å². The van der Waals surface area contributed by atoms with Gasteiger partial charge in [0.05, 0.1) is 12.0 Å². The van der Waals surface area contributed by atoms with E-state index in [2.05, 4.69) is 19.2 Å². The molecule has 1 saturated carbocycles. The second-order valence-electron chi connectivity index (χ2n) is 5.64. The summed E-state index contributed by atoms with van der Waals surface area (Å²) in [5.74, 6) is 0.112. The van der Waals surface area contributed by atoms with Gasteiger partial charge in [-0.25, -0.2) is 4.79 Å². The van der Waals surface area contributed by atoms with E-state index >= 15 is 0 Å². The number of amides is 2. The van der Waals surface area contributed by atoms with Crippen molar-refractivity contribution in [3.8, 4) is 0 Å². The van der Waals surface area contributed by atoms with Crippen LogP contribution in [-0.2, 0) is 4.79 Å². The molecule has 2 rings (SSSR count). The Morgan fingerprint density at radius 2 is 2.11 bits per heavy atom. The number of carbonyl (C=O) groups is 2. The largest absolute Gasteiger partial charge is 0.481 e. The zero-order valence-electron chi connectivity index (χ0n) is 11.5. The fourth-order valence-electron chi connectivity index (χ4n) is 2.76. The Balaban J connectivity index is 1.97. The van der Waals surface area contributed by atoms with Gasteiger partial charge in [-0.05, 0) is 26.2 Å². The molecule has 2 atom stereocenters. The predicted octanol–water partition coefficient (Wildman–Crippen LogP) is 1.92. The second-order valence-corrected chi connectivity index (χ2v) is 7.13. The summed E-state index contributed by atoms with van der Waals surface area (Å²) in [5.41, 5.74) is -0.504. The van der Waals surface area contributed by atoms with Crippen LogP contribution in [-0.4, -0.2) is 51.1 Å². The average molecular weight is 286 g/mol. The fraction of sp³-hybridized carbons (Fsp3) is 0.846. The van der Waals surface area contributed by atoms with Gasteiger partial charge in [-0.15, -0.1) is 0 Å². The first-order valence-corrected chi connectivity index (χ1v) is 7.91. The summed E-state index contributed by atoms with van der Waals surface area (Å²) >= 11 is 1.88. The zero-order valence-corrected chi connectivity index (χ0v) is 12.3. The summed E-state index contributed by atoms with van der Waals surface area (Å²) in [5, 5.41) is 12.4. The molecule has 1 aliphatic heterocycles. The van der Waals surface area contributed by atoms with Gasteiger partial charge in [-0.3, -0.25) is 4.79 Å². The molecular weight excluding hydrogens is 264 g/mol. The molecule has 19 heavy (non-hydrogen) atoms. The van der Waals surface area contributed by atoms with E-state index in [9.17, 15) is 9.59 Å². The molecule has 2 aliphatic rings. The lowest BCUT2D eigenvalue weighted by molar-refractivity contribution is -0.139. The third-order valence-electron chi connectivity index (χ3n) is 4.32. The number of aliphatic carboxylic acids is 1. The Morgan fingerprint density at radius 3 is 2.63 bits per heavy atom. The van der Waals surface area contributed by atoms with E-state index < -0.39 is 11.5 Å². The summed E-state index contributed by atoms with van der Waals surface area (Å²) < 4.78 is 0. The quantitative estimate of drug-likeness (QED) is 0.831. The zero-order chi connectivity index (χ0) is 14.0. The summed E-state index contributed by atoms with van der Waals surface area (Å²) in [4.78, 5) is 25.1. The van der Waals surface area contributed by atoms with Gasteiger partial charge in [-0.2, -0.15) is 11.8 Å². The lowest BCUT2D eigenvalue weighted by Gasteiger charge is -2.45. The molecule has 6 heteroatoms. The van der Waals surface area contributed by atoms with E-state index in [0.29, 0.717) is 5.25 Å². The summed E-state index contributed by atoms with van der Waals surface area (Å²) in [6, 6.07) is 0.0984. The molecule has 1 saturated heterocycles. The average Bonchev–Trinajstić information content (AvgIpc) is 2.29. The minimum Gasteiger partial charge on any atom is -0.481 e. The van der Waals surface area contributed by atoms with Crippen molar-refractivity contribution in [1.82, 2.24) is 10.2 Å². The molecule has 0 aromatic carbocycles. The molecule has 0 bridgehead atoms. The van der Waals surface area contributed by atoms with Crippen molar-refractivity contribution in [2.75, 3.05) is 12.3 Å². The Bertz CT molecular complexity index is 371. The van der Waals surface area contributed by atoms with Crippen molar-refractivity contribution in [2.45, 2.75) is 56.4 Å². The van der Waals surface area contributed by atoms with Crippen LogP contribution in [0.2, 0.25) is 0 Å². The number of hydrogen-bond donors (Lipinski definition) is 2. The predicted molar refractivity (Wildman–Crippen MR) is 75.5 cm³/mol. The number of rotatable bonds is 3.